The minimum atomic E-state index is -1.29. The summed E-state index contributed by atoms with van der Waals surface area (Å²) in [6.07, 6.45) is 3.00. The topological polar surface area (TPSA) is 124 Å². The number of aromatic carboxylic acids is 1. The van der Waals surface area contributed by atoms with E-state index in [0.29, 0.717) is 17.0 Å². The molecule has 0 radical (unpaired) electrons. The van der Waals surface area contributed by atoms with Gasteiger partial charge in [0.1, 0.15) is 11.4 Å². The summed E-state index contributed by atoms with van der Waals surface area (Å²) >= 11 is 0. The summed E-state index contributed by atoms with van der Waals surface area (Å²) in [5.41, 5.74) is 6.21. The average molecular weight is 312 g/mol. The largest absolute Gasteiger partial charge is 0.476 e. The number of anilines is 1. The van der Waals surface area contributed by atoms with Gasteiger partial charge in [0.25, 0.3) is 0 Å². The van der Waals surface area contributed by atoms with Gasteiger partial charge in [-0.25, -0.2) is 14.8 Å². The molecule has 0 aliphatic rings. The summed E-state index contributed by atoms with van der Waals surface area (Å²) in [5, 5.41) is 9.20. The van der Waals surface area contributed by atoms with Crippen molar-refractivity contribution in [2.24, 2.45) is 7.05 Å². The van der Waals surface area contributed by atoms with Crippen LogP contribution in [-0.2, 0) is 7.05 Å². The van der Waals surface area contributed by atoms with Gasteiger partial charge in [-0.05, 0) is 18.2 Å². The third kappa shape index (κ3) is 2.57. The van der Waals surface area contributed by atoms with Crippen molar-refractivity contribution >= 4 is 11.8 Å². The molecule has 0 bridgehead atoms. The number of hydrogen-bond donors (Lipinski definition) is 2. The Balaban J connectivity index is 2.31. The number of carboxylic acid groups (broad SMARTS) is 1. The number of furan rings is 1. The number of nitrogens with zero attached hydrogens (tertiary/aromatic N) is 3. The summed E-state index contributed by atoms with van der Waals surface area (Å²) in [6.45, 7) is 0. The second kappa shape index (κ2) is 5.41. The van der Waals surface area contributed by atoms with Crippen LogP contribution in [0.5, 0.6) is 0 Å². The zero-order chi connectivity index (χ0) is 16.6. The molecule has 3 N–H and O–H groups in total. The lowest BCUT2D eigenvalue weighted by Gasteiger charge is -2.10. The first kappa shape index (κ1) is 14.5. The van der Waals surface area contributed by atoms with Crippen molar-refractivity contribution in [3.63, 3.8) is 0 Å². The molecule has 0 aliphatic carbocycles. The van der Waals surface area contributed by atoms with Crippen LogP contribution in [0.15, 0.2) is 45.9 Å². The summed E-state index contributed by atoms with van der Waals surface area (Å²) in [7, 11) is 1.58. The highest BCUT2D eigenvalue weighted by atomic mass is 16.4. The first-order valence-electron chi connectivity index (χ1n) is 6.59. The lowest BCUT2D eigenvalue weighted by atomic mass is 10.1. The molecule has 0 saturated carbocycles. The van der Waals surface area contributed by atoms with Crippen LogP contribution in [0.1, 0.15) is 10.5 Å². The van der Waals surface area contributed by atoms with Crippen LogP contribution in [-0.4, -0.2) is 25.6 Å². The van der Waals surface area contributed by atoms with Gasteiger partial charge < -0.3 is 19.8 Å². The summed E-state index contributed by atoms with van der Waals surface area (Å²) in [5.74, 6) is -1.10. The normalized spacial score (nSPS) is 10.7. The van der Waals surface area contributed by atoms with Gasteiger partial charge in [-0.15, -0.1) is 0 Å². The highest BCUT2D eigenvalue weighted by Gasteiger charge is 2.20. The molecule has 0 atom stereocenters. The number of carboxylic acids is 1. The highest BCUT2D eigenvalue weighted by Crippen LogP contribution is 2.30. The number of nitrogens with two attached hydrogens (primary N) is 1. The molecule has 8 nitrogen and oxygen atoms in total. The molecule has 0 aromatic carbocycles. The molecule has 0 aliphatic heterocycles. The second-order valence-corrected chi connectivity index (χ2v) is 4.80. The fourth-order valence-electron chi connectivity index (χ4n) is 2.13. The van der Waals surface area contributed by atoms with E-state index in [4.69, 9.17) is 10.2 Å². The van der Waals surface area contributed by atoms with Crippen molar-refractivity contribution < 1.29 is 14.3 Å². The Morgan fingerprint density at radius 2 is 2.04 bits per heavy atom. The van der Waals surface area contributed by atoms with Crippen LogP contribution in [0.3, 0.4) is 0 Å². The molecule has 3 heterocycles. The number of nitrogen functional groups attached to an aromatic ring is 1. The van der Waals surface area contributed by atoms with E-state index in [2.05, 4.69) is 9.97 Å². The molecule has 23 heavy (non-hydrogen) atoms. The Labute approximate surface area is 129 Å². The second-order valence-electron chi connectivity index (χ2n) is 4.80. The molecule has 3 rings (SSSR count). The fourth-order valence-corrected chi connectivity index (χ4v) is 2.13. The Kier molecular flexibility index (Phi) is 3.41. The number of aryl methyl sites for hydroxylation is 1. The first-order valence-corrected chi connectivity index (χ1v) is 6.59. The van der Waals surface area contributed by atoms with E-state index in [1.807, 2.05) is 0 Å². The van der Waals surface area contributed by atoms with Crippen molar-refractivity contribution in [3.05, 3.63) is 52.8 Å². The van der Waals surface area contributed by atoms with Gasteiger partial charge in [-0.1, -0.05) is 0 Å². The first-order chi connectivity index (χ1) is 11.0. The fraction of sp³-hybridized carbons (Fsp3) is 0.0667. The van der Waals surface area contributed by atoms with Crippen molar-refractivity contribution in [1.82, 2.24) is 14.5 Å². The summed E-state index contributed by atoms with van der Waals surface area (Å²) in [4.78, 5) is 31.0. The maximum atomic E-state index is 11.5. The smallest absolute Gasteiger partial charge is 0.358 e. The molecule has 3 aromatic heterocycles. The molecule has 3 aromatic rings. The molecule has 0 spiro atoms. The van der Waals surface area contributed by atoms with Crippen LogP contribution in [0, 0.1) is 0 Å². The van der Waals surface area contributed by atoms with Gasteiger partial charge in [0.15, 0.2) is 17.3 Å². The van der Waals surface area contributed by atoms with Gasteiger partial charge in [-0.3, -0.25) is 4.79 Å². The zero-order valence-corrected chi connectivity index (χ0v) is 12.1. The molecule has 0 fully saturated rings. The quantitative estimate of drug-likeness (QED) is 0.748. The van der Waals surface area contributed by atoms with E-state index < -0.39 is 5.97 Å². The van der Waals surface area contributed by atoms with E-state index in [1.54, 1.807) is 31.4 Å². The minimum Gasteiger partial charge on any atom is -0.476 e. The lowest BCUT2D eigenvalue weighted by molar-refractivity contribution is 0.0691. The predicted molar refractivity (Wildman–Crippen MR) is 81.8 cm³/mol. The SMILES string of the molecule is Cn1cc(-c2nc(C(=O)O)c(N)nc2-c2ccco2)ccc1=O. The van der Waals surface area contributed by atoms with Gasteiger partial charge in [0, 0.05) is 24.9 Å². The third-order valence-corrected chi connectivity index (χ3v) is 3.24. The Morgan fingerprint density at radius 1 is 1.26 bits per heavy atom. The predicted octanol–water partition coefficient (Wildman–Crippen LogP) is 1.38. The van der Waals surface area contributed by atoms with E-state index in [-0.39, 0.29) is 22.8 Å². The lowest BCUT2D eigenvalue weighted by Crippen LogP contribution is -2.15. The van der Waals surface area contributed by atoms with Crippen molar-refractivity contribution in [1.29, 1.82) is 0 Å². The Hall–Kier alpha value is -3.42. The van der Waals surface area contributed by atoms with E-state index >= 15 is 0 Å². The molecule has 0 unspecified atom stereocenters. The molecule has 8 heteroatoms. The molecular formula is C15H12N4O4. The maximum absolute atomic E-state index is 11.5. The van der Waals surface area contributed by atoms with Gasteiger partial charge >= 0.3 is 5.97 Å². The van der Waals surface area contributed by atoms with Crippen LogP contribution in [0.2, 0.25) is 0 Å². The average Bonchev–Trinajstić information content (AvgIpc) is 3.03. The molecule has 116 valence electrons. The Bertz CT molecular complexity index is 945. The van der Waals surface area contributed by atoms with Gasteiger partial charge in [-0.2, -0.15) is 0 Å². The number of aromatic nitrogens is 3. The number of carbonyl (C=O) groups is 1. The minimum absolute atomic E-state index is 0.199. The van der Waals surface area contributed by atoms with Crippen LogP contribution < -0.4 is 11.3 Å². The summed E-state index contributed by atoms with van der Waals surface area (Å²) in [6, 6.07) is 6.23. The summed E-state index contributed by atoms with van der Waals surface area (Å²) < 4.78 is 6.68. The van der Waals surface area contributed by atoms with Crippen LogP contribution >= 0.6 is 0 Å². The highest BCUT2D eigenvalue weighted by molar-refractivity contribution is 5.92. The molecule has 0 amide bonds. The van der Waals surface area contributed by atoms with Crippen molar-refractivity contribution in [2.45, 2.75) is 0 Å². The number of pyridine rings is 1. The van der Waals surface area contributed by atoms with Gasteiger partial charge in [0.2, 0.25) is 5.56 Å². The standard InChI is InChI=1S/C15H12N4O4/c1-19-7-8(4-5-10(19)20)11-12(9-3-2-6-23-9)18-14(16)13(17-11)15(21)22/h2-7H,1H3,(H2,16,18)(H,21,22). The zero-order valence-electron chi connectivity index (χ0n) is 12.1. The number of hydrogen-bond acceptors (Lipinski definition) is 6. The van der Waals surface area contributed by atoms with Gasteiger partial charge in [0.05, 0.1) is 6.26 Å². The van der Waals surface area contributed by atoms with E-state index in [9.17, 15) is 14.7 Å². The maximum Gasteiger partial charge on any atom is 0.358 e. The van der Waals surface area contributed by atoms with Crippen LogP contribution in [0.25, 0.3) is 22.7 Å². The van der Waals surface area contributed by atoms with Crippen molar-refractivity contribution in [2.75, 3.05) is 5.73 Å². The Morgan fingerprint density at radius 3 is 2.65 bits per heavy atom. The monoisotopic (exact) mass is 312 g/mol. The third-order valence-electron chi connectivity index (χ3n) is 3.24. The van der Waals surface area contributed by atoms with E-state index in [1.165, 1.54) is 16.9 Å². The van der Waals surface area contributed by atoms with E-state index in [0.717, 1.165) is 0 Å². The van der Waals surface area contributed by atoms with Crippen LogP contribution in [0.4, 0.5) is 5.82 Å². The van der Waals surface area contributed by atoms with Crippen molar-refractivity contribution in [3.8, 4) is 22.7 Å². The molecule has 0 saturated heterocycles. The number of rotatable bonds is 3. The molecular weight excluding hydrogens is 300 g/mol.